The van der Waals surface area contributed by atoms with Gasteiger partial charge < -0.3 is 0 Å². The van der Waals surface area contributed by atoms with Crippen LogP contribution < -0.4 is 0 Å². The average Bonchev–Trinajstić information content (AvgIpc) is 2.53. The Balaban J connectivity index is 2.59. The molecule has 0 aliphatic heterocycles. The quantitative estimate of drug-likeness (QED) is 0.600. The lowest BCUT2D eigenvalue weighted by Gasteiger charge is -2.01. The van der Waals surface area contributed by atoms with Gasteiger partial charge in [0, 0.05) is 16.5 Å². The Morgan fingerprint density at radius 2 is 1.93 bits per heavy atom. The average molecular weight is 185 g/mol. The van der Waals surface area contributed by atoms with E-state index < -0.39 is 0 Å². The highest BCUT2D eigenvalue weighted by Gasteiger charge is 2.19. The molecule has 1 aliphatic carbocycles. The Bertz CT molecular complexity index is 570. The van der Waals surface area contributed by atoms with Gasteiger partial charge in [0.25, 0.3) is 0 Å². The maximum absolute atomic E-state index is 13.3. The van der Waals surface area contributed by atoms with Crippen molar-refractivity contribution in [1.82, 2.24) is 0 Å². The summed E-state index contributed by atoms with van der Waals surface area (Å²) < 4.78 is 13.3. The molecule has 0 amide bonds. The molecule has 3 rings (SSSR count). The number of hydrogen-bond acceptors (Lipinski definition) is 0. The van der Waals surface area contributed by atoms with E-state index >= 15 is 0 Å². The molecule has 2 aromatic carbocycles. The van der Waals surface area contributed by atoms with Gasteiger partial charge in [0.05, 0.1) is 0 Å². The van der Waals surface area contributed by atoms with Gasteiger partial charge in [-0.3, -0.25) is 5.11 Å². The smallest absolute Gasteiger partial charge is 0.187 e. The van der Waals surface area contributed by atoms with E-state index in [1.165, 1.54) is 12.1 Å². The minimum atomic E-state index is -0.323. The first-order valence-corrected chi connectivity index (χ1v) is 4.38. The van der Waals surface area contributed by atoms with E-state index in [9.17, 15) is 9.50 Å². The van der Waals surface area contributed by atoms with Gasteiger partial charge in [-0.15, -0.1) is 0 Å². The first-order chi connectivity index (χ1) is 6.77. The Labute approximate surface area is 80.1 Å². The molecule has 2 aromatic rings. The van der Waals surface area contributed by atoms with Gasteiger partial charge in [-0.2, -0.15) is 0 Å². The third-order valence-corrected chi connectivity index (χ3v) is 2.57. The fraction of sp³-hybridized carbons (Fsp3) is 0. The third kappa shape index (κ3) is 0.777. The minimum Gasteiger partial charge on any atom is -0.289 e. The molecule has 0 atom stereocenters. The summed E-state index contributed by atoms with van der Waals surface area (Å²) in [7, 11) is 0. The maximum Gasteiger partial charge on any atom is 0.187 e. The summed E-state index contributed by atoms with van der Waals surface area (Å²) >= 11 is 0. The molecule has 14 heavy (non-hydrogen) atoms. The summed E-state index contributed by atoms with van der Waals surface area (Å²) in [6.07, 6.45) is 1.37. The lowest BCUT2D eigenvalue weighted by Crippen LogP contribution is -1.83. The highest BCUT2D eigenvalue weighted by molar-refractivity contribution is 6.07. The van der Waals surface area contributed by atoms with Crippen molar-refractivity contribution >= 4 is 22.6 Å². The first kappa shape index (κ1) is 7.56. The summed E-state index contributed by atoms with van der Waals surface area (Å²) in [5.74, 6) is -0.425. The van der Waals surface area contributed by atoms with Crippen LogP contribution in [-0.4, -0.2) is 0 Å². The molecule has 2 heteroatoms. The van der Waals surface area contributed by atoms with Gasteiger partial charge in [0.15, 0.2) is 5.76 Å². The highest BCUT2D eigenvalue weighted by atomic mass is 19.1. The molecule has 1 nitrogen and oxygen atoms in total. The molecule has 0 aromatic heterocycles. The molecule has 0 N–H and O–H groups in total. The van der Waals surface area contributed by atoms with Crippen molar-refractivity contribution in [2.24, 2.45) is 0 Å². The summed E-state index contributed by atoms with van der Waals surface area (Å²) in [5.41, 5.74) is 1.04. The van der Waals surface area contributed by atoms with Crippen molar-refractivity contribution in [3.05, 3.63) is 47.3 Å². The number of benzene rings is 2. The van der Waals surface area contributed by atoms with Crippen LogP contribution in [-0.2, 0) is 5.11 Å². The summed E-state index contributed by atoms with van der Waals surface area (Å²) in [6, 6.07) is 8.53. The second-order valence-corrected chi connectivity index (χ2v) is 3.37. The fourth-order valence-electron chi connectivity index (χ4n) is 1.94. The summed E-state index contributed by atoms with van der Waals surface area (Å²) in [6.45, 7) is 0. The molecule has 0 saturated carbocycles. The van der Waals surface area contributed by atoms with E-state index in [1.54, 1.807) is 12.1 Å². The first-order valence-electron chi connectivity index (χ1n) is 4.38. The molecular formula is C12H6FO. The van der Waals surface area contributed by atoms with Crippen molar-refractivity contribution in [2.45, 2.75) is 0 Å². The monoisotopic (exact) mass is 185 g/mol. The molecule has 0 saturated heterocycles. The van der Waals surface area contributed by atoms with E-state index in [4.69, 9.17) is 0 Å². The Kier molecular flexibility index (Phi) is 1.27. The topological polar surface area (TPSA) is 19.9 Å². The second-order valence-electron chi connectivity index (χ2n) is 3.37. The van der Waals surface area contributed by atoms with Gasteiger partial charge >= 0.3 is 0 Å². The molecule has 0 heterocycles. The Morgan fingerprint density at radius 3 is 2.79 bits per heavy atom. The third-order valence-electron chi connectivity index (χ3n) is 2.57. The van der Waals surface area contributed by atoms with Crippen LogP contribution in [0.25, 0.3) is 22.6 Å². The Morgan fingerprint density at radius 1 is 1.07 bits per heavy atom. The van der Waals surface area contributed by atoms with E-state index in [2.05, 4.69) is 0 Å². The molecule has 67 valence electrons. The van der Waals surface area contributed by atoms with Crippen molar-refractivity contribution in [1.29, 1.82) is 0 Å². The van der Waals surface area contributed by atoms with Crippen molar-refractivity contribution in [3.8, 4) is 0 Å². The zero-order valence-electron chi connectivity index (χ0n) is 7.25. The van der Waals surface area contributed by atoms with E-state index in [0.29, 0.717) is 11.1 Å². The number of rotatable bonds is 0. The number of halogens is 1. The van der Waals surface area contributed by atoms with Crippen molar-refractivity contribution in [3.63, 3.8) is 0 Å². The van der Waals surface area contributed by atoms with Crippen LogP contribution in [0.2, 0.25) is 0 Å². The summed E-state index contributed by atoms with van der Waals surface area (Å²) in [5, 5.41) is 13.1. The molecule has 0 fully saturated rings. The lowest BCUT2D eigenvalue weighted by atomic mass is 10.0. The van der Waals surface area contributed by atoms with E-state index in [-0.39, 0.29) is 11.6 Å². The van der Waals surface area contributed by atoms with Gasteiger partial charge in [-0.1, -0.05) is 24.3 Å². The summed E-state index contributed by atoms with van der Waals surface area (Å²) in [4.78, 5) is 0. The van der Waals surface area contributed by atoms with Crippen LogP contribution >= 0.6 is 0 Å². The lowest BCUT2D eigenvalue weighted by molar-refractivity contribution is 0.393. The highest BCUT2D eigenvalue weighted by Crippen LogP contribution is 2.36. The standard InChI is InChI=1S/C12H6FO/c13-10-5-4-7-2-1-3-8-11(14)6-9(10)12(7)8/h1-6H. The van der Waals surface area contributed by atoms with Crippen LogP contribution in [0.4, 0.5) is 4.39 Å². The van der Waals surface area contributed by atoms with Crippen LogP contribution in [0, 0.1) is 5.82 Å². The maximum atomic E-state index is 13.3. The van der Waals surface area contributed by atoms with Gasteiger partial charge in [-0.05, 0) is 17.5 Å². The number of hydrogen-bond donors (Lipinski definition) is 0. The molecule has 1 aliphatic rings. The van der Waals surface area contributed by atoms with Crippen molar-refractivity contribution < 1.29 is 9.50 Å². The van der Waals surface area contributed by atoms with E-state index in [1.807, 2.05) is 12.1 Å². The van der Waals surface area contributed by atoms with Crippen LogP contribution in [0.3, 0.4) is 0 Å². The predicted octanol–water partition coefficient (Wildman–Crippen LogP) is 3.22. The van der Waals surface area contributed by atoms with Crippen LogP contribution in [0.5, 0.6) is 0 Å². The molecule has 1 radical (unpaired) electrons. The van der Waals surface area contributed by atoms with Gasteiger partial charge in [0.2, 0.25) is 0 Å². The van der Waals surface area contributed by atoms with E-state index in [0.717, 1.165) is 10.8 Å². The van der Waals surface area contributed by atoms with Crippen LogP contribution in [0.15, 0.2) is 30.3 Å². The van der Waals surface area contributed by atoms with Gasteiger partial charge in [0.1, 0.15) is 5.82 Å². The Hall–Kier alpha value is -1.83. The minimum absolute atomic E-state index is 0.101. The zero-order chi connectivity index (χ0) is 9.71. The zero-order valence-corrected chi connectivity index (χ0v) is 7.25. The fourth-order valence-corrected chi connectivity index (χ4v) is 1.94. The van der Waals surface area contributed by atoms with Crippen LogP contribution in [0.1, 0.15) is 11.1 Å². The SMILES string of the molecule is [O]C1=Cc2c(F)ccc3cccc1c23. The molecular weight excluding hydrogens is 179 g/mol. The predicted molar refractivity (Wildman–Crippen MR) is 52.5 cm³/mol. The molecule has 0 bridgehead atoms. The second kappa shape index (κ2) is 2.35. The largest absolute Gasteiger partial charge is 0.289 e. The molecule has 0 unspecified atom stereocenters. The van der Waals surface area contributed by atoms with Crippen molar-refractivity contribution in [2.75, 3.05) is 0 Å². The molecule has 0 spiro atoms. The normalized spacial score (nSPS) is 13.4. The van der Waals surface area contributed by atoms with Gasteiger partial charge in [-0.25, -0.2) is 4.39 Å².